The maximum absolute atomic E-state index is 11.1. The third-order valence-corrected chi connectivity index (χ3v) is 2.33. The van der Waals surface area contributed by atoms with Crippen LogP contribution in [-0.2, 0) is 0 Å². The molecule has 2 amide bonds. The van der Waals surface area contributed by atoms with Crippen LogP contribution < -0.4 is 10.6 Å². The lowest BCUT2D eigenvalue weighted by atomic mass is 10.0. The number of carbonyl (C=O) groups is 1. The second kappa shape index (κ2) is 3.14. The highest BCUT2D eigenvalue weighted by Gasteiger charge is 2.23. The highest BCUT2D eigenvalue weighted by atomic mass is 16.2. The maximum Gasteiger partial charge on any atom is 0.320 e. The van der Waals surface area contributed by atoms with Gasteiger partial charge in [-0.3, -0.25) is 4.90 Å². The monoisotopic (exact) mass is 189 g/mol. The van der Waals surface area contributed by atoms with E-state index in [4.69, 9.17) is 5.73 Å². The predicted octanol–water partition coefficient (Wildman–Crippen LogP) is 1.38. The third kappa shape index (κ3) is 1.25. The van der Waals surface area contributed by atoms with Crippen LogP contribution in [0.5, 0.6) is 0 Å². The second-order valence-electron chi connectivity index (χ2n) is 3.22. The topological polar surface area (TPSA) is 59.2 Å². The number of nitrogens with two attached hydrogens (primary N) is 1. The number of amides is 2. The Morgan fingerprint density at radius 2 is 2.43 bits per heavy atom. The fourth-order valence-electron chi connectivity index (χ4n) is 1.59. The van der Waals surface area contributed by atoms with E-state index < -0.39 is 6.03 Å². The lowest BCUT2D eigenvalue weighted by molar-refractivity contribution is 0.253. The Labute approximate surface area is 82.0 Å². The minimum absolute atomic E-state index is 0.461. The quantitative estimate of drug-likeness (QED) is 0.670. The Bertz CT molecular complexity index is 400. The van der Waals surface area contributed by atoms with Gasteiger partial charge >= 0.3 is 6.03 Å². The smallest absolute Gasteiger partial charge is 0.320 e. The second-order valence-corrected chi connectivity index (χ2v) is 3.22. The number of hydrogen-bond acceptors (Lipinski definition) is 2. The van der Waals surface area contributed by atoms with Crippen molar-refractivity contribution in [2.75, 3.05) is 11.4 Å². The van der Waals surface area contributed by atoms with Crippen LogP contribution in [0.15, 0.2) is 24.9 Å². The van der Waals surface area contributed by atoms with Gasteiger partial charge in [0.15, 0.2) is 0 Å². The minimum Gasteiger partial charge on any atom is -0.351 e. The van der Waals surface area contributed by atoms with Crippen molar-refractivity contribution in [2.24, 2.45) is 5.73 Å². The van der Waals surface area contributed by atoms with Crippen molar-refractivity contribution in [3.63, 3.8) is 0 Å². The van der Waals surface area contributed by atoms with Crippen LogP contribution in [0.25, 0.3) is 5.57 Å². The molecule has 2 N–H and O–H groups in total. The molecule has 4 heteroatoms. The number of carbonyl (C=O) groups excluding carboxylic acids is 1. The molecule has 1 aromatic rings. The normalized spacial score (nSPS) is 15.1. The van der Waals surface area contributed by atoms with Gasteiger partial charge in [0.1, 0.15) is 5.82 Å². The molecule has 0 atom stereocenters. The highest BCUT2D eigenvalue weighted by molar-refractivity contribution is 5.94. The summed E-state index contributed by atoms with van der Waals surface area (Å²) >= 11 is 0. The molecule has 0 radical (unpaired) electrons. The van der Waals surface area contributed by atoms with Crippen molar-refractivity contribution in [1.29, 1.82) is 0 Å². The van der Waals surface area contributed by atoms with Gasteiger partial charge in [0.05, 0.1) is 0 Å². The fourth-order valence-corrected chi connectivity index (χ4v) is 1.59. The van der Waals surface area contributed by atoms with Gasteiger partial charge in [0.25, 0.3) is 0 Å². The first kappa shape index (κ1) is 8.74. The molecule has 0 fully saturated rings. The molecule has 4 nitrogen and oxygen atoms in total. The Hall–Kier alpha value is -1.84. The van der Waals surface area contributed by atoms with Crippen LogP contribution in [-0.4, -0.2) is 17.6 Å². The number of fused-ring (bicyclic) bond motifs is 1. The average molecular weight is 189 g/mol. The summed E-state index contributed by atoms with van der Waals surface area (Å²) < 4.78 is 0. The lowest BCUT2D eigenvalue weighted by Gasteiger charge is -2.27. The number of urea groups is 1. The SMILES string of the molecule is C=C1CCN(C(N)=O)c2ncccc21. The average Bonchev–Trinajstić information content (AvgIpc) is 2.18. The fraction of sp³-hybridized carbons (Fsp3) is 0.200. The zero-order chi connectivity index (χ0) is 10.1. The van der Waals surface area contributed by atoms with E-state index in [0.717, 1.165) is 17.6 Å². The van der Waals surface area contributed by atoms with Crippen molar-refractivity contribution < 1.29 is 4.79 Å². The van der Waals surface area contributed by atoms with E-state index in [1.54, 1.807) is 6.20 Å². The number of aromatic nitrogens is 1. The molecule has 1 aliphatic rings. The van der Waals surface area contributed by atoms with E-state index in [-0.39, 0.29) is 0 Å². The number of hydrogen-bond donors (Lipinski definition) is 1. The molecule has 0 aliphatic carbocycles. The van der Waals surface area contributed by atoms with E-state index in [2.05, 4.69) is 11.6 Å². The standard InChI is InChI=1S/C10H11N3O/c1-7-4-6-13(10(11)14)9-8(7)3-2-5-12-9/h2-3,5H,1,4,6H2,(H2,11,14). The molecule has 1 aliphatic heterocycles. The summed E-state index contributed by atoms with van der Waals surface area (Å²) in [4.78, 5) is 16.7. The summed E-state index contributed by atoms with van der Waals surface area (Å²) in [6, 6.07) is 3.27. The summed E-state index contributed by atoms with van der Waals surface area (Å²) in [5.74, 6) is 0.622. The van der Waals surface area contributed by atoms with E-state index in [9.17, 15) is 4.79 Å². The molecule has 2 rings (SSSR count). The van der Waals surface area contributed by atoms with E-state index in [1.807, 2.05) is 12.1 Å². The first-order chi connectivity index (χ1) is 6.70. The van der Waals surface area contributed by atoms with Gasteiger partial charge in [0, 0.05) is 18.3 Å². The van der Waals surface area contributed by atoms with Crippen LogP contribution in [0, 0.1) is 0 Å². The van der Waals surface area contributed by atoms with Gasteiger partial charge in [-0.15, -0.1) is 0 Å². The molecule has 0 saturated carbocycles. The van der Waals surface area contributed by atoms with Crippen molar-refractivity contribution in [2.45, 2.75) is 6.42 Å². The Balaban J connectivity index is 2.52. The van der Waals surface area contributed by atoms with E-state index in [1.165, 1.54) is 4.90 Å². The summed E-state index contributed by atoms with van der Waals surface area (Å²) in [6.07, 6.45) is 2.40. The third-order valence-electron chi connectivity index (χ3n) is 2.33. The molecular weight excluding hydrogens is 178 g/mol. The highest BCUT2D eigenvalue weighted by Crippen LogP contribution is 2.30. The van der Waals surface area contributed by atoms with Gasteiger partial charge in [-0.05, 0) is 24.1 Å². The number of primary amides is 1. The van der Waals surface area contributed by atoms with Crippen LogP contribution >= 0.6 is 0 Å². The Kier molecular flexibility index (Phi) is 1.96. The first-order valence-corrected chi connectivity index (χ1v) is 4.40. The lowest BCUT2D eigenvalue weighted by Crippen LogP contribution is -2.39. The van der Waals surface area contributed by atoms with Crippen molar-refractivity contribution in [1.82, 2.24) is 4.98 Å². The van der Waals surface area contributed by atoms with Crippen molar-refractivity contribution in [3.8, 4) is 0 Å². The van der Waals surface area contributed by atoms with Crippen LogP contribution in [0.3, 0.4) is 0 Å². The van der Waals surface area contributed by atoms with Crippen LogP contribution in [0.1, 0.15) is 12.0 Å². The van der Waals surface area contributed by atoms with Crippen LogP contribution in [0.2, 0.25) is 0 Å². The van der Waals surface area contributed by atoms with E-state index in [0.29, 0.717) is 12.4 Å². The molecule has 0 spiro atoms. The van der Waals surface area contributed by atoms with Gasteiger partial charge < -0.3 is 5.73 Å². The summed E-state index contributed by atoms with van der Waals surface area (Å²) in [7, 11) is 0. The molecule has 2 heterocycles. The van der Waals surface area contributed by atoms with Gasteiger partial charge in [-0.1, -0.05) is 6.58 Å². The number of nitrogens with zero attached hydrogens (tertiary/aromatic N) is 2. The predicted molar refractivity (Wildman–Crippen MR) is 54.8 cm³/mol. The van der Waals surface area contributed by atoms with Crippen LogP contribution in [0.4, 0.5) is 10.6 Å². The van der Waals surface area contributed by atoms with Gasteiger partial charge in [0.2, 0.25) is 0 Å². The molecule has 0 saturated heterocycles. The molecule has 72 valence electrons. The van der Waals surface area contributed by atoms with Gasteiger partial charge in [-0.2, -0.15) is 0 Å². The number of anilines is 1. The summed E-state index contributed by atoms with van der Waals surface area (Å²) in [5, 5.41) is 0. The first-order valence-electron chi connectivity index (χ1n) is 4.40. The Morgan fingerprint density at radius 3 is 3.14 bits per heavy atom. The molecule has 0 unspecified atom stereocenters. The zero-order valence-corrected chi connectivity index (χ0v) is 7.73. The molecule has 14 heavy (non-hydrogen) atoms. The van der Waals surface area contributed by atoms with Crippen molar-refractivity contribution in [3.05, 3.63) is 30.5 Å². The minimum atomic E-state index is -0.461. The number of pyridine rings is 1. The number of rotatable bonds is 0. The van der Waals surface area contributed by atoms with Gasteiger partial charge in [-0.25, -0.2) is 9.78 Å². The molecule has 0 aromatic carbocycles. The van der Waals surface area contributed by atoms with Crippen molar-refractivity contribution >= 4 is 17.4 Å². The van der Waals surface area contributed by atoms with E-state index >= 15 is 0 Å². The zero-order valence-electron chi connectivity index (χ0n) is 7.73. The molecule has 0 bridgehead atoms. The Morgan fingerprint density at radius 1 is 1.64 bits per heavy atom. The summed E-state index contributed by atoms with van der Waals surface area (Å²) in [6.45, 7) is 4.50. The largest absolute Gasteiger partial charge is 0.351 e. The summed E-state index contributed by atoms with van der Waals surface area (Å²) in [5.41, 5.74) is 7.16. The molecule has 1 aromatic heterocycles. The molecular formula is C10H11N3O. The maximum atomic E-state index is 11.1.